The van der Waals surface area contributed by atoms with E-state index >= 15 is 0 Å². The summed E-state index contributed by atoms with van der Waals surface area (Å²) in [6.07, 6.45) is 7.27. The van der Waals surface area contributed by atoms with Gasteiger partial charge in [0.05, 0.1) is 24.3 Å². The summed E-state index contributed by atoms with van der Waals surface area (Å²) < 4.78 is 3.88. The summed E-state index contributed by atoms with van der Waals surface area (Å²) >= 11 is 0. The molecule has 6 heteroatoms. The third-order valence-electron chi connectivity index (χ3n) is 5.00. The smallest absolute Gasteiger partial charge is 0.251 e. The molecule has 4 aromatic rings. The Hall–Kier alpha value is -3.67. The molecule has 29 heavy (non-hydrogen) atoms. The molecule has 2 aromatic heterocycles. The van der Waals surface area contributed by atoms with Gasteiger partial charge < -0.3 is 9.88 Å². The Morgan fingerprint density at radius 2 is 1.86 bits per heavy atom. The minimum absolute atomic E-state index is 0.0986. The number of para-hydroxylation sites is 1. The van der Waals surface area contributed by atoms with Crippen molar-refractivity contribution in [3.63, 3.8) is 0 Å². The van der Waals surface area contributed by atoms with Gasteiger partial charge in [-0.15, -0.1) is 0 Å². The zero-order valence-corrected chi connectivity index (χ0v) is 16.5. The van der Waals surface area contributed by atoms with E-state index in [1.807, 2.05) is 90.1 Å². The number of carbonyl (C=O) groups is 1. The standard InChI is InChI=1S/C23H23N5O/c1-17(22-14-25-28(18(22)2)21-6-4-3-5-7-21)26-23(29)20-10-8-19(9-11-20)15-27-13-12-24-16-27/h3-14,16-17H,15H2,1-2H3,(H,26,29). The van der Waals surface area contributed by atoms with Crippen molar-refractivity contribution >= 4 is 5.91 Å². The second kappa shape index (κ2) is 8.14. The second-order valence-electron chi connectivity index (χ2n) is 7.06. The number of hydrogen-bond donors (Lipinski definition) is 1. The quantitative estimate of drug-likeness (QED) is 0.547. The second-order valence-corrected chi connectivity index (χ2v) is 7.06. The first-order chi connectivity index (χ1) is 14.1. The van der Waals surface area contributed by atoms with Crippen LogP contribution in [0.5, 0.6) is 0 Å². The van der Waals surface area contributed by atoms with E-state index in [0.29, 0.717) is 5.56 Å². The fourth-order valence-electron chi connectivity index (χ4n) is 3.39. The lowest BCUT2D eigenvalue weighted by Gasteiger charge is -2.14. The molecule has 0 fully saturated rings. The summed E-state index contributed by atoms with van der Waals surface area (Å²) in [6, 6.07) is 17.5. The van der Waals surface area contributed by atoms with Crippen LogP contribution in [0.3, 0.4) is 0 Å². The van der Waals surface area contributed by atoms with Crippen LogP contribution in [0, 0.1) is 6.92 Å². The third-order valence-corrected chi connectivity index (χ3v) is 5.00. The highest BCUT2D eigenvalue weighted by Crippen LogP contribution is 2.20. The summed E-state index contributed by atoms with van der Waals surface area (Å²) in [4.78, 5) is 16.7. The lowest BCUT2D eigenvalue weighted by Crippen LogP contribution is -2.27. The van der Waals surface area contributed by atoms with Gasteiger partial charge >= 0.3 is 0 Å². The zero-order chi connectivity index (χ0) is 20.2. The first-order valence-electron chi connectivity index (χ1n) is 9.57. The van der Waals surface area contributed by atoms with Crippen LogP contribution in [0.2, 0.25) is 0 Å². The highest BCUT2D eigenvalue weighted by molar-refractivity contribution is 5.94. The molecule has 146 valence electrons. The number of nitrogens with one attached hydrogen (secondary N) is 1. The molecule has 1 atom stereocenters. The largest absolute Gasteiger partial charge is 0.345 e. The van der Waals surface area contributed by atoms with Crippen LogP contribution in [0.15, 0.2) is 79.5 Å². The van der Waals surface area contributed by atoms with E-state index in [4.69, 9.17) is 0 Å². The van der Waals surface area contributed by atoms with E-state index in [9.17, 15) is 4.79 Å². The minimum atomic E-state index is -0.148. The molecule has 0 aliphatic rings. The van der Waals surface area contributed by atoms with E-state index in [0.717, 1.165) is 29.1 Å². The molecule has 0 spiro atoms. The lowest BCUT2D eigenvalue weighted by atomic mass is 10.1. The van der Waals surface area contributed by atoms with Gasteiger partial charge in [-0.1, -0.05) is 30.3 Å². The number of nitrogens with zero attached hydrogens (tertiary/aromatic N) is 4. The first kappa shape index (κ1) is 18.7. The summed E-state index contributed by atoms with van der Waals surface area (Å²) in [6.45, 7) is 4.73. The van der Waals surface area contributed by atoms with Crippen molar-refractivity contribution in [3.8, 4) is 5.69 Å². The fourth-order valence-corrected chi connectivity index (χ4v) is 3.39. The average molecular weight is 385 g/mol. The lowest BCUT2D eigenvalue weighted by molar-refractivity contribution is 0.0940. The summed E-state index contributed by atoms with van der Waals surface area (Å²) in [5, 5.41) is 7.57. The Bertz CT molecular complexity index is 1080. The van der Waals surface area contributed by atoms with Gasteiger partial charge in [0.2, 0.25) is 0 Å². The Balaban J connectivity index is 1.44. The van der Waals surface area contributed by atoms with Crippen LogP contribution in [0.25, 0.3) is 5.69 Å². The Morgan fingerprint density at radius 1 is 1.10 bits per heavy atom. The van der Waals surface area contributed by atoms with Gasteiger partial charge in [0.25, 0.3) is 5.91 Å². The van der Waals surface area contributed by atoms with Crippen molar-refractivity contribution in [3.05, 3.63) is 102 Å². The maximum atomic E-state index is 12.7. The molecule has 0 bridgehead atoms. The van der Waals surface area contributed by atoms with Crippen LogP contribution in [0.4, 0.5) is 0 Å². The number of carbonyl (C=O) groups excluding carboxylic acids is 1. The molecule has 0 saturated heterocycles. The van der Waals surface area contributed by atoms with Crippen molar-refractivity contribution in [1.82, 2.24) is 24.6 Å². The molecule has 6 nitrogen and oxygen atoms in total. The zero-order valence-electron chi connectivity index (χ0n) is 16.5. The minimum Gasteiger partial charge on any atom is -0.345 e. The molecule has 1 N–H and O–H groups in total. The van der Waals surface area contributed by atoms with Crippen LogP contribution >= 0.6 is 0 Å². The highest BCUT2D eigenvalue weighted by Gasteiger charge is 2.17. The number of aromatic nitrogens is 4. The van der Waals surface area contributed by atoms with Crippen molar-refractivity contribution in [1.29, 1.82) is 0 Å². The van der Waals surface area contributed by atoms with Gasteiger partial charge in [0.1, 0.15) is 0 Å². The maximum absolute atomic E-state index is 12.7. The Kier molecular flexibility index (Phi) is 5.24. The van der Waals surface area contributed by atoms with Crippen molar-refractivity contribution in [2.24, 2.45) is 0 Å². The molecule has 0 radical (unpaired) electrons. The fraction of sp³-hybridized carbons (Fsp3) is 0.174. The van der Waals surface area contributed by atoms with E-state index in [1.54, 1.807) is 12.5 Å². The Morgan fingerprint density at radius 3 is 2.55 bits per heavy atom. The summed E-state index contributed by atoms with van der Waals surface area (Å²) in [5.41, 5.74) is 4.77. The van der Waals surface area contributed by atoms with Crippen molar-refractivity contribution in [2.75, 3.05) is 0 Å². The number of imidazole rings is 1. The van der Waals surface area contributed by atoms with Gasteiger partial charge in [0.15, 0.2) is 0 Å². The molecule has 4 rings (SSSR count). The average Bonchev–Trinajstić information content (AvgIpc) is 3.38. The monoisotopic (exact) mass is 385 g/mol. The summed E-state index contributed by atoms with van der Waals surface area (Å²) in [5.74, 6) is -0.0986. The molecular weight excluding hydrogens is 362 g/mol. The number of benzene rings is 2. The van der Waals surface area contributed by atoms with E-state index in [2.05, 4.69) is 15.4 Å². The van der Waals surface area contributed by atoms with Crippen molar-refractivity contribution in [2.45, 2.75) is 26.4 Å². The number of hydrogen-bond acceptors (Lipinski definition) is 3. The SMILES string of the molecule is Cc1c(C(C)NC(=O)c2ccc(Cn3ccnc3)cc2)cnn1-c1ccccc1. The molecular formula is C23H23N5O. The topological polar surface area (TPSA) is 64.7 Å². The normalized spacial score (nSPS) is 11.9. The van der Waals surface area contributed by atoms with Crippen molar-refractivity contribution < 1.29 is 4.79 Å². The van der Waals surface area contributed by atoms with Gasteiger partial charge in [-0.2, -0.15) is 5.10 Å². The van der Waals surface area contributed by atoms with Crippen LogP contribution in [0.1, 0.15) is 40.1 Å². The third kappa shape index (κ3) is 4.11. The molecule has 0 aliphatic carbocycles. The van der Waals surface area contributed by atoms with Gasteiger partial charge in [-0.25, -0.2) is 9.67 Å². The molecule has 2 aromatic carbocycles. The van der Waals surface area contributed by atoms with Crippen LogP contribution in [-0.2, 0) is 6.54 Å². The van der Waals surface area contributed by atoms with Crippen LogP contribution in [-0.4, -0.2) is 25.2 Å². The summed E-state index contributed by atoms with van der Waals surface area (Å²) in [7, 11) is 0. The number of rotatable bonds is 6. The molecule has 2 heterocycles. The maximum Gasteiger partial charge on any atom is 0.251 e. The van der Waals surface area contributed by atoms with E-state index in [-0.39, 0.29) is 11.9 Å². The molecule has 1 amide bonds. The van der Waals surface area contributed by atoms with Gasteiger partial charge in [-0.05, 0) is 43.7 Å². The van der Waals surface area contributed by atoms with Gasteiger partial charge in [-0.3, -0.25) is 4.79 Å². The predicted octanol–water partition coefficient (Wildman–Crippen LogP) is 3.92. The molecule has 0 aliphatic heterocycles. The first-order valence-corrected chi connectivity index (χ1v) is 9.57. The predicted molar refractivity (Wildman–Crippen MR) is 112 cm³/mol. The van der Waals surface area contributed by atoms with E-state index in [1.165, 1.54) is 0 Å². The van der Waals surface area contributed by atoms with Crippen LogP contribution < -0.4 is 5.32 Å². The van der Waals surface area contributed by atoms with E-state index < -0.39 is 0 Å². The Labute approximate surface area is 169 Å². The molecule has 0 saturated carbocycles. The highest BCUT2D eigenvalue weighted by atomic mass is 16.1. The molecule has 1 unspecified atom stereocenters. The van der Waals surface area contributed by atoms with Gasteiger partial charge in [0, 0.05) is 35.8 Å². The number of amides is 1.